The molecule has 0 saturated carbocycles. The average molecular weight is 178 g/mol. The normalized spacial score (nSPS) is 9.58. The van der Waals surface area contributed by atoms with Crippen LogP contribution < -0.4 is 0 Å². The average Bonchev–Trinajstić information content (AvgIpc) is 2.03. The minimum Gasteiger partial charge on any atom is -0.478 e. The van der Waals surface area contributed by atoms with Crippen LogP contribution >= 0.6 is 0 Å². The van der Waals surface area contributed by atoms with Crippen molar-refractivity contribution in [1.82, 2.24) is 0 Å². The Morgan fingerprint density at radius 2 is 1.67 bits per heavy atom. The molecule has 0 aromatic heterocycles. The first-order chi connectivity index (χ1) is 5.63. The summed E-state index contributed by atoms with van der Waals surface area (Å²) in [5, 5.41) is 8.50. The standard InChI is InChI=1S/C8H12F2O2/c1-6(8(11)12)7(2-4-9)3-5-10/h2-5H2,1H3,(H,11,12). The van der Waals surface area contributed by atoms with Crippen molar-refractivity contribution in [3.8, 4) is 0 Å². The first-order valence-electron chi connectivity index (χ1n) is 3.67. The summed E-state index contributed by atoms with van der Waals surface area (Å²) < 4.78 is 23.7. The van der Waals surface area contributed by atoms with E-state index < -0.39 is 19.3 Å². The van der Waals surface area contributed by atoms with Gasteiger partial charge < -0.3 is 5.11 Å². The van der Waals surface area contributed by atoms with Crippen LogP contribution in [0.4, 0.5) is 8.78 Å². The van der Waals surface area contributed by atoms with Gasteiger partial charge in [0.15, 0.2) is 0 Å². The monoisotopic (exact) mass is 178 g/mol. The van der Waals surface area contributed by atoms with E-state index in [0.717, 1.165) is 0 Å². The van der Waals surface area contributed by atoms with Crippen molar-refractivity contribution >= 4 is 5.97 Å². The first-order valence-corrected chi connectivity index (χ1v) is 3.67. The first kappa shape index (κ1) is 11.1. The number of rotatable bonds is 5. The molecule has 0 aliphatic heterocycles. The summed E-state index contributed by atoms with van der Waals surface area (Å²) in [6, 6.07) is 0. The highest BCUT2D eigenvalue weighted by molar-refractivity contribution is 5.86. The Kier molecular flexibility index (Phi) is 5.25. The zero-order valence-electron chi connectivity index (χ0n) is 6.94. The number of alkyl halides is 2. The molecule has 4 heteroatoms. The molecule has 0 unspecified atom stereocenters. The van der Waals surface area contributed by atoms with E-state index in [4.69, 9.17) is 5.11 Å². The van der Waals surface area contributed by atoms with Gasteiger partial charge in [0.2, 0.25) is 0 Å². The molecular formula is C8H12F2O2. The Morgan fingerprint density at radius 3 is 1.92 bits per heavy atom. The maximum atomic E-state index is 11.8. The fourth-order valence-electron chi connectivity index (χ4n) is 0.879. The van der Waals surface area contributed by atoms with Crippen LogP contribution in [0, 0.1) is 0 Å². The molecule has 0 heterocycles. The molecule has 0 rings (SSSR count). The predicted octanol–water partition coefficient (Wildman–Crippen LogP) is 2.11. The molecule has 0 radical (unpaired) electrons. The van der Waals surface area contributed by atoms with Crippen molar-refractivity contribution in [3.05, 3.63) is 11.1 Å². The quantitative estimate of drug-likeness (QED) is 0.654. The van der Waals surface area contributed by atoms with Crippen molar-refractivity contribution in [2.75, 3.05) is 13.3 Å². The van der Waals surface area contributed by atoms with Gasteiger partial charge in [-0.05, 0) is 19.8 Å². The van der Waals surface area contributed by atoms with Gasteiger partial charge in [0.05, 0.1) is 13.3 Å². The Morgan fingerprint density at radius 1 is 1.25 bits per heavy atom. The number of hydrogen-bond acceptors (Lipinski definition) is 1. The number of aliphatic carboxylic acids is 1. The summed E-state index contributed by atoms with van der Waals surface area (Å²) >= 11 is 0. The topological polar surface area (TPSA) is 37.3 Å². The van der Waals surface area contributed by atoms with E-state index >= 15 is 0 Å². The summed E-state index contributed by atoms with van der Waals surface area (Å²) in [6.45, 7) is 0.0862. The molecule has 2 nitrogen and oxygen atoms in total. The molecule has 0 aliphatic rings. The SMILES string of the molecule is CC(C(=O)O)=C(CCF)CCF. The highest BCUT2D eigenvalue weighted by atomic mass is 19.1. The summed E-state index contributed by atoms with van der Waals surface area (Å²) in [4.78, 5) is 10.4. The third kappa shape index (κ3) is 3.46. The van der Waals surface area contributed by atoms with Crippen LogP contribution in [0.15, 0.2) is 11.1 Å². The molecule has 0 saturated heterocycles. The number of carboxylic acids is 1. The van der Waals surface area contributed by atoms with Crippen LogP contribution in [-0.2, 0) is 4.79 Å². The molecule has 0 spiro atoms. The van der Waals surface area contributed by atoms with Gasteiger partial charge in [0.1, 0.15) is 0 Å². The van der Waals surface area contributed by atoms with Gasteiger partial charge in [-0.2, -0.15) is 0 Å². The molecule has 70 valence electrons. The van der Waals surface area contributed by atoms with Gasteiger partial charge in [-0.15, -0.1) is 0 Å². The summed E-state index contributed by atoms with van der Waals surface area (Å²) in [7, 11) is 0. The second-order valence-electron chi connectivity index (χ2n) is 2.41. The summed E-state index contributed by atoms with van der Waals surface area (Å²) in [5.74, 6) is -1.10. The lowest BCUT2D eigenvalue weighted by Crippen LogP contribution is -2.02. The maximum absolute atomic E-state index is 11.8. The summed E-state index contributed by atoms with van der Waals surface area (Å²) in [6.07, 6.45) is 0.0319. The van der Waals surface area contributed by atoms with Gasteiger partial charge in [-0.3, -0.25) is 8.78 Å². The van der Waals surface area contributed by atoms with Crippen LogP contribution in [0.25, 0.3) is 0 Å². The van der Waals surface area contributed by atoms with Crippen LogP contribution in [0.1, 0.15) is 19.8 Å². The van der Waals surface area contributed by atoms with Gasteiger partial charge in [0.25, 0.3) is 0 Å². The largest absolute Gasteiger partial charge is 0.478 e. The summed E-state index contributed by atoms with van der Waals surface area (Å²) in [5.41, 5.74) is 0.415. The lowest BCUT2D eigenvalue weighted by atomic mass is 10.0. The van der Waals surface area contributed by atoms with Gasteiger partial charge in [0, 0.05) is 5.57 Å². The fraction of sp³-hybridized carbons (Fsp3) is 0.625. The molecule has 0 aromatic carbocycles. The Hall–Kier alpha value is -0.930. The number of halogens is 2. The molecule has 0 fully saturated rings. The molecule has 0 aromatic rings. The highest BCUT2D eigenvalue weighted by Gasteiger charge is 2.08. The number of carboxylic acid groups (broad SMARTS) is 1. The van der Waals surface area contributed by atoms with Crippen LogP contribution in [0.2, 0.25) is 0 Å². The third-order valence-corrected chi connectivity index (χ3v) is 1.64. The second-order valence-corrected chi connectivity index (χ2v) is 2.41. The van der Waals surface area contributed by atoms with Crippen LogP contribution in [-0.4, -0.2) is 24.4 Å². The molecule has 12 heavy (non-hydrogen) atoms. The maximum Gasteiger partial charge on any atom is 0.331 e. The highest BCUT2D eigenvalue weighted by Crippen LogP contribution is 2.13. The number of hydrogen-bond donors (Lipinski definition) is 1. The smallest absolute Gasteiger partial charge is 0.331 e. The van der Waals surface area contributed by atoms with Crippen molar-refractivity contribution in [3.63, 3.8) is 0 Å². The van der Waals surface area contributed by atoms with E-state index in [1.165, 1.54) is 6.92 Å². The molecule has 0 atom stereocenters. The third-order valence-electron chi connectivity index (χ3n) is 1.64. The van der Waals surface area contributed by atoms with Gasteiger partial charge in [-0.1, -0.05) is 5.57 Å². The van der Waals surface area contributed by atoms with Crippen LogP contribution in [0.5, 0.6) is 0 Å². The molecular weight excluding hydrogens is 166 g/mol. The van der Waals surface area contributed by atoms with Crippen molar-refractivity contribution in [2.45, 2.75) is 19.8 Å². The molecule has 0 aliphatic carbocycles. The van der Waals surface area contributed by atoms with Gasteiger partial charge in [-0.25, -0.2) is 4.79 Å². The van der Waals surface area contributed by atoms with E-state index in [0.29, 0.717) is 5.57 Å². The van der Waals surface area contributed by atoms with E-state index in [-0.39, 0.29) is 18.4 Å². The number of carbonyl (C=O) groups is 1. The second kappa shape index (κ2) is 5.69. The minimum atomic E-state index is -1.10. The fourth-order valence-corrected chi connectivity index (χ4v) is 0.879. The zero-order valence-corrected chi connectivity index (χ0v) is 6.94. The molecule has 1 N–H and O–H groups in total. The lowest BCUT2D eigenvalue weighted by Gasteiger charge is -2.04. The van der Waals surface area contributed by atoms with E-state index in [1.54, 1.807) is 0 Å². The Labute approximate surface area is 69.9 Å². The van der Waals surface area contributed by atoms with E-state index in [2.05, 4.69) is 0 Å². The molecule has 0 bridgehead atoms. The van der Waals surface area contributed by atoms with E-state index in [9.17, 15) is 13.6 Å². The van der Waals surface area contributed by atoms with Crippen LogP contribution in [0.3, 0.4) is 0 Å². The Balaban J connectivity index is 4.43. The lowest BCUT2D eigenvalue weighted by molar-refractivity contribution is -0.132. The minimum absolute atomic E-state index is 0.0159. The zero-order chi connectivity index (χ0) is 9.56. The van der Waals surface area contributed by atoms with Crippen molar-refractivity contribution in [2.24, 2.45) is 0 Å². The van der Waals surface area contributed by atoms with Gasteiger partial charge >= 0.3 is 5.97 Å². The number of allylic oxidation sites excluding steroid dienone is 1. The van der Waals surface area contributed by atoms with Crippen molar-refractivity contribution < 1.29 is 18.7 Å². The molecule has 0 amide bonds. The Bertz CT molecular complexity index is 179. The van der Waals surface area contributed by atoms with E-state index in [1.807, 2.05) is 0 Å². The van der Waals surface area contributed by atoms with Crippen molar-refractivity contribution in [1.29, 1.82) is 0 Å². The predicted molar refractivity (Wildman–Crippen MR) is 41.5 cm³/mol.